The number of halogens is 1. The average Bonchev–Trinajstić information content (AvgIpc) is 3.32. The van der Waals surface area contributed by atoms with Gasteiger partial charge < -0.3 is 19.5 Å². The second kappa shape index (κ2) is 12.5. The van der Waals surface area contributed by atoms with Crippen molar-refractivity contribution in [2.75, 3.05) is 0 Å². The number of benzene rings is 3. The maximum atomic E-state index is 13.7. The predicted molar refractivity (Wildman–Crippen MR) is 149 cm³/mol. The zero-order valence-corrected chi connectivity index (χ0v) is 22.8. The normalized spacial score (nSPS) is 12.2. The van der Waals surface area contributed by atoms with Crippen molar-refractivity contribution < 1.29 is 31.8 Å². The number of nitrogens with one attached hydrogen (secondary N) is 1. The maximum Gasteiger partial charge on any atom is 0.475 e. The third kappa shape index (κ3) is 7.14. The van der Waals surface area contributed by atoms with Gasteiger partial charge in [-0.15, -0.1) is 0 Å². The highest BCUT2D eigenvalue weighted by atomic mass is 32.2. The van der Waals surface area contributed by atoms with Crippen LogP contribution in [0.1, 0.15) is 20.3 Å². The molecule has 4 rings (SSSR count). The number of carbonyl (C=O) groups excluding carboxylic acids is 1. The first-order valence-corrected chi connectivity index (χ1v) is 14.0. The molecule has 1 atom stereocenters. The fourth-order valence-corrected chi connectivity index (χ4v) is 5.18. The van der Waals surface area contributed by atoms with Gasteiger partial charge in [-0.2, -0.15) is 13.5 Å². The second-order valence-corrected chi connectivity index (χ2v) is 11.2. The Hall–Kier alpha value is -4.00. The van der Waals surface area contributed by atoms with Gasteiger partial charge >= 0.3 is 17.2 Å². The number of para-hydroxylation sites is 1. The smallest absolute Gasteiger partial charge is 0.426 e. The highest BCUT2D eigenvalue weighted by Crippen LogP contribution is 2.34. The van der Waals surface area contributed by atoms with Crippen molar-refractivity contribution in [3.8, 4) is 28.3 Å². The fraction of sp³-hybridized carbons (Fsp3) is 0.214. The number of hydrogen-bond acceptors (Lipinski definition) is 7. The summed E-state index contributed by atoms with van der Waals surface area (Å²) in [6.07, 6.45) is 0.365. The van der Waals surface area contributed by atoms with Gasteiger partial charge in [0.1, 0.15) is 17.3 Å². The molecule has 1 heterocycles. The monoisotopic (exact) mass is 565 g/mol. The third-order valence-electron chi connectivity index (χ3n) is 6.02. The van der Waals surface area contributed by atoms with E-state index in [1.807, 2.05) is 44.2 Å². The first-order valence-electron chi connectivity index (χ1n) is 12.6. The minimum atomic E-state index is -4.36. The van der Waals surface area contributed by atoms with E-state index in [0.29, 0.717) is 23.4 Å². The molecule has 3 aromatic carbocycles. The number of carbonyl (C=O) groups is 1. The Bertz CT molecular complexity index is 1580. The van der Waals surface area contributed by atoms with Crippen LogP contribution < -0.4 is 9.50 Å². The summed E-state index contributed by atoms with van der Waals surface area (Å²) in [5, 5.41) is 26.7. The van der Waals surface area contributed by atoms with Crippen LogP contribution in [0.5, 0.6) is 5.75 Å². The molecule has 3 N–H and O–H groups in total. The number of nitrogens with zero attached hydrogens (tertiary/aromatic N) is 2. The van der Waals surface area contributed by atoms with Crippen LogP contribution in [0, 0.1) is 11.7 Å². The third-order valence-corrected chi connectivity index (χ3v) is 7.25. The van der Waals surface area contributed by atoms with Gasteiger partial charge in [0, 0.05) is 5.56 Å². The van der Waals surface area contributed by atoms with Gasteiger partial charge in [0.15, 0.2) is 5.75 Å². The van der Waals surface area contributed by atoms with Crippen LogP contribution in [0.15, 0.2) is 89.8 Å². The van der Waals surface area contributed by atoms with E-state index < -0.39 is 34.9 Å². The Morgan fingerprint density at radius 1 is 1.02 bits per heavy atom. The molecule has 0 aliphatic carbocycles. The van der Waals surface area contributed by atoms with Gasteiger partial charge in [0.2, 0.25) is 5.91 Å². The SMILES string of the molecule is CC(C)CC(NC(=O)Cn1nc(-c2ccccc2OS(=O)(=O)c2cccc(F)c2)cc1-c1ccccc1)B(O)O. The molecule has 0 saturated heterocycles. The van der Waals surface area contributed by atoms with E-state index in [1.54, 1.807) is 24.3 Å². The highest BCUT2D eigenvalue weighted by Gasteiger charge is 2.27. The molecule has 0 spiro atoms. The van der Waals surface area contributed by atoms with Crippen LogP contribution in [-0.2, 0) is 21.5 Å². The Morgan fingerprint density at radius 3 is 2.40 bits per heavy atom. The molecule has 0 aliphatic heterocycles. The lowest BCUT2D eigenvalue weighted by atomic mass is 9.75. The van der Waals surface area contributed by atoms with Gasteiger partial charge in [0.05, 0.1) is 17.3 Å². The highest BCUT2D eigenvalue weighted by molar-refractivity contribution is 7.87. The molecule has 0 bridgehead atoms. The first kappa shape index (κ1) is 29.0. The fourth-order valence-electron chi connectivity index (χ4n) is 4.20. The van der Waals surface area contributed by atoms with Crippen molar-refractivity contribution in [1.29, 1.82) is 0 Å². The van der Waals surface area contributed by atoms with E-state index in [4.69, 9.17) is 4.18 Å². The van der Waals surface area contributed by atoms with Crippen molar-refractivity contribution in [2.24, 2.45) is 5.92 Å². The molecule has 1 unspecified atom stereocenters. The van der Waals surface area contributed by atoms with Gasteiger partial charge in [-0.1, -0.05) is 62.4 Å². The summed E-state index contributed by atoms with van der Waals surface area (Å²) in [5.74, 6) is -1.97. The summed E-state index contributed by atoms with van der Waals surface area (Å²) in [4.78, 5) is 12.6. The van der Waals surface area contributed by atoms with Gasteiger partial charge in [-0.3, -0.25) is 9.48 Å². The quantitative estimate of drug-likeness (QED) is 0.187. The van der Waals surface area contributed by atoms with E-state index in [-0.39, 0.29) is 23.1 Å². The molecule has 0 radical (unpaired) electrons. The van der Waals surface area contributed by atoms with Crippen LogP contribution in [0.25, 0.3) is 22.5 Å². The van der Waals surface area contributed by atoms with Gasteiger partial charge in [-0.05, 0) is 54.3 Å². The van der Waals surface area contributed by atoms with Gasteiger partial charge in [-0.25, -0.2) is 4.39 Å². The molecule has 0 saturated carbocycles. The van der Waals surface area contributed by atoms with E-state index in [0.717, 1.165) is 17.7 Å². The van der Waals surface area contributed by atoms with Crippen molar-refractivity contribution in [2.45, 2.75) is 37.6 Å². The van der Waals surface area contributed by atoms with E-state index >= 15 is 0 Å². The topological polar surface area (TPSA) is 131 Å². The summed E-state index contributed by atoms with van der Waals surface area (Å²) >= 11 is 0. The Kier molecular flexibility index (Phi) is 9.03. The predicted octanol–water partition coefficient (Wildman–Crippen LogP) is 3.67. The summed E-state index contributed by atoms with van der Waals surface area (Å²) in [7, 11) is -6.08. The van der Waals surface area contributed by atoms with Crippen molar-refractivity contribution in [3.05, 3.63) is 90.7 Å². The molecule has 208 valence electrons. The number of amides is 1. The molecule has 9 nitrogen and oxygen atoms in total. The minimum Gasteiger partial charge on any atom is -0.426 e. The van der Waals surface area contributed by atoms with Crippen LogP contribution in [0.2, 0.25) is 0 Å². The summed E-state index contributed by atoms with van der Waals surface area (Å²) in [5.41, 5.74) is 1.99. The van der Waals surface area contributed by atoms with Crippen molar-refractivity contribution in [3.63, 3.8) is 0 Å². The van der Waals surface area contributed by atoms with Crippen molar-refractivity contribution in [1.82, 2.24) is 15.1 Å². The Labute approximate surface area is 232 Å². The largest absolute Gasteiger partial charge is 0.475 e. The summed E-state index contributed by atoms with van der Waals surface area (Å²) in [6, 6.07) is 21.8. The lowest BCUT2D eigenvalue weighted by Gasteiger charge is -2.20. The average molecular weight is 565 g/mol. The van der Waals surface area contributed by atoms with E-state index in [2.05, 4.69) is 10.4 Å². The molecular formula is C28H29BFN3O6S. The zero-order valence-electron chi connectivity index (χ0n) is 21.9. The van der Waals surface area contributed by atoms with Crippen LogP contribution in [0.4, 0.5) is 4.39 Å². The Morgan fingerprint density at radius 2 is 1.73 bits per heavy atom. The number of aromatic nitrogens is 2. The lowest BCUT2D eigenvalue weighted by Crippen LogP contribution is -2.48. The molecule has 12 heteroatoms. The minimum absolute atomic E-state index is 0.0270. The Balaban J connectivity index is 1.69. The second-order valence-electron chi connectivity index (χ2n) is 9.65. The summed E-state index contributed by atoms with van der Waals surface area (Å²) in [6.45, 7) is 3.57. The molecule has 0 aliphatic rings. The van der Waals surface area contributed by atoms with Crippen molar-refractivity contribution >= 4 is 23.1 Å². The van der Waals surface area contributed by atoms with Gasteiger partial charge in [0.25, 0.3) is 0 Å². The lowest BCUT2D eigenvalue weighted by molar-refractivity contribution is -0.122. The van der Waals surface area contributed by atoms with Crippen LogP contribution in [-0.4, -0.2) is 47.2 Å². The van der Waals surface area contributed by atoms with Crippen LogP contribution >= 0.6 is 0 Å². The molecular weight excluding hydrogens is 536 g/mol. The maximum absolute atomic E-state index is 13.7. The first-order chi connectivity index (χ1) is 19.0. The molecule has 40 heavy (non-hydrogen) atoms. The van der Waals surface area contributed by atoms with Crippen LogP contribution in [0.3, 0.4) is 0 Å². The molecule has 0 fully saturated rings. The number of rotatable bonds is 11. The standard InChI is InChI=1S/C28H29BFN3O6S/c1-19(2)15-27(29(35)36)31-28(34)18-33-25(20-9-4-3-5-10-20)17-24(32-33)23-13-6-7-14-26(23)39-40(37,38)22-12-8-11-21(30)16-22/h3-14,16-17,19,27,35-36H,15,18H2,1-2H3,(H,31,34). The molecule has 1 aromatic heterocycles. The van der Waals surface area contributed by atoms with E-state index in [9.17, 15) is 27.7 Å². The number of hydrogen-bond donors (Lipinski definition) is 3. The molecule has 1 amide bonds. The van der Waals surface area contributed by atoms with E-state index in [1.165, 1.54) is 22.9 Å². The zero-order chi connectivity index (χ0) is 28.9. The molecule has 4 aromatic rings. The summed E-state index contributed by atoms with van der Waals surface area (Å²) < 4.78 is 46.3.